The molecule has 0 saturated carbocycles. The van der Waals surface area contributed by atoms with E-state index in [1.54, 1.807) is 11.3 Å². The molecule has 1 fully saturated rings. The van der Waals surface area contributed by atoms with Crippen molar-refractivity contribution in [3.63, 3.8) is 0 Å². The molecule has 3 nitrogen and oxygen atoms in total. The van der Waals surface area contributed by atoms with Crippen molar-refractivity contribution in [3.8, 4) is 0 Å². The van der Waals surface area contributed by atoms with E-state index in [4.69, 9.17) is 5.84 Å². The van der Waals surface area contributed by atoms with Gasteiger partial charge in [-0.3, -0.25) is 10.7 Å². The molecule has 1 aliphatic heterocycles. The number of piperazine rings is 1. The van der Waals surface area contributed by atoms with Crippen molar-refractivity contribution in [2.45, 2.75) is 6.54 Å². The molecule has 1 aromatic rings. The summed E-state index contributed by atoms with van der Waals surface area (Å²) >= 11 is 1.77. The molecule has 0 bridgehead atoms. The molecule has 0 amide bonds. The van der Waals surface area contributed by atoms with Gasteiger partial charge in [0.25, 0.3) is 0 Å². The lowest BCUT2D eigenvalue weighted by Crippen LogP contribution is -2.48. The Labute approximate surface area is 82.7 Å². The molecule has 2 N–H and O–H groups in total. The fourth-order valence-corrected chi connectivity index (χ4v) is 2.22. The van der Waals surface area contributed by atoms with Crippen molar-refractivity contribution < 1.29 is 0 Å². The highest BCUT2D eigenvalue weighted by Gasteiger charge is 2.13. The summed E-state index contributed by atoms with van der Waals surface area (Å²) in [6.45, 7) is 5.24. The van der Waals surface area contributed by atoms with Crippen LogP contribution in [0.15, 0.2) is 16.8 Å². The maximum Gasteiger partial charge on any atom is 0.0257 e. The second-order valence-electron chi connectivity index (χ2n) is 3.44. The molecule has 2 rings (SSSR count). The number of hydrogen-bond donors (Lipinski definition) is 1. The van der Waals surface area contributed by atoms with E-state index in [-0.39, 0.29) is 0 Å². The lowest BCUT2D eigenvalue weighted by molar-refractivity contribution is 0.128. The maximum atomic E-state index is 5.68. The largest absolute Gasteiger partial charge is 0.296 e. The van der Waals surface area contributed by atoms with E-state index in [0.717, 1.165) is 32.7 Å². The number of hydrogen-bond acceptors (Lipinski definition) is 4. The van der Waals surface area contributed by atoms with Gasteiger partial charge in [0.2, 0.25) is 0 Å². The van der Waals surface area contributed by atoms with Crippen LogP contribution in [-0.2, 0) is 6.54 Å². The van der Waals surface area contributed by atoms with Gasteiger partial charge in [0.05, 0.1) is 0 Å². The lowest BCUT2D eigenvalue weighted by atomic mass is 10.3. The van der Waals surface area contributed by atoms with E-state index < -0.39 is 0 Å². The monoisotopic (exact) mass is 197 g/mol. The molecule has 1 saturated heterocycles. The molecule has 1 aromatic heterocycles. The molecule has 13 heavy (non-hydrogen) atoms. The summed E-state index contributed by atoms with van der Waals surface area (Å²) in [5.41, 5.74) is 1.43. The third-order valence-electron chi connectivity index (χ3n) is 2.39. The molecule has 0 spiro atoms. The van der Waals surface area contributed by atoms with E-state index >= 15 is 0 Å². The van der Waals surface area contributed by atoms with Gasteiger partial charge in [-0.1, -0.05) is 0 Å². The van der Waals surface area contributed by atoms with Crippen LogP contribution in [0.4, 0.5) is 0 Å². The summed E-state index contributed by atoms with van der Waals surface area (Å²) in [5, 5.41) is 6.24. The molecule has 72 valence electrons. The molecule has 1 aliphatic rings. The van der Waals surface area contributed by atoms with Crippen molar-refractivity contribution in [3.05, 3.63) is 22.4 Å². The minimum absolute atomic E-state index is 0.990. The SMILES string of the molecule is NN1CCN(Cc2ccsc2)CC1. The zero-order valence-electron chi connectivity index (χ0n) is 7.65. The summed E-state index contributed by atoms with van der Waals surface area (Å²) in [6, 6.07) is 2.19. The first-order valence-electron chi connectivity index (χ1n) is 4.57. The van der Waals surface area contributed by atoms with E-state index in [0.29, 0.717) is 0 Å². The summed E-state index contributed by atoms with van der Waals surface area (Å²) in [4.78, 5) is 2.45. The van der Waals surface area contributed by atoms with Crippen molar-refractivity contribution in [1.82, 2.24) is 9.91 Å². The Kier molecular flexibility index (Phi) is 2.95. The minimum Gasteiger partial charge on any atom is -0.296 e. The Morgan fingerprint density at radius 3 is 2.69 bits per heavy atom. The van der Waals surface area contributed by atoms with Gasteiger partial charge >= 0.3 is 0 Å². The van der Waals surface area contributed by atoms with Crippen LogP contribution in [0.3, 0.4) is 0 Å². The Hall–Kier alpha value is -0.420. The van der Waals surface area contributed by atoms with Crippen LogP contribution in [-0.4, -0.2) is 36.1 Å². The van der Waals surface area contributed by atoms with Crippen LogP contribution in [0.25, 0.3) is 0 Å². The second kappa shape index (κ2) is 4.19. The van der Waals surface area contributed by atoms with Gasteiger partial charge in [0, 0.05) is 32.7 Å². The van der Waals surface area contributed by atoms with Crippen molar-refractivity contribution >= 4 is 11.3 Å². The Bertz CT molecular complexity index is 239. The van der Waals surface area contributed by atoms with Crippen molar-refractivity contribution in [2.75, 3.05) is 26.2 Å². The summed E-state index contributed by atoms with van der Waals surface area (Å²) < 4.78 is 0. The summed E-state index contributed by atoms with van der Waals surface area (Å²) in [7, 11) is 0. The van der Waals surface area contributed by atoms with Gasteiger partial charge in [0.15, 0.2) is 0 Å². The van der Waals surface area contributed by atoms with E-state index in [9.17, 15) is 0 Å². The van der Waals surface area contributed by atoms with Gasteiger partial charge < -0.3 is 0 Å². The van der Waals surface area contributed by atoms with Gasteiger partial charge in [-0.15, -0.1) is 0 Å². The fourth-order valence-electron chi connectivity index (χ4n) is 1.56. The van der Waals surface area contributed by atoms with Crippen LogP contribution in [0.2, 0.25) is 0 Å². The highest BCUT2D eigenvalue weighted by atomic mass is 32.1. The zero-order chi connectivity index (χ0) is 9.10. The summed E-state index contributed by atoms with van der Waals surface area (Å²) in [5.74, 6) is 5.68. The predicted molar refractivity (Wildman–Crippen MR) is 55.4 cm³/mol. The molecule has 0 atom stereocenters. The molecular weight excluding hydrogens is 182 g/mol. The number of hydrazine groups is 1. The Morgan fingerprint density at radius 1 is 1.31 bits per heavy atom. The topological polar surface area (TPSA) is 32.5 Å². The molecule has 4 heteroatoms. The van der Waals surface area contributed by atoms with Crippen LogP contribution in [0.1, 0.15) is 5.56 Å². The van der Waals surface area contributed by atoms with Crippen LogP contribution >= 0.6 is 11.3 Å². The first-order valence-corrected chi connectivity index (χ1v) is 5.52. The number of nitrogens with two attached hydrogens (primary N) is 1. The van der Waals surface area contributed by atoms with Gasteiger partial charge in [-0.25, -0.2) is 5.01 Å². The highest BCUT2D eigenvalue weighted by molar-refractivity contribution is 7.07. The molecule has 0 aromatic carbocycles. The minimum atomic E-state index is 0.990. The number of rotatable bonds is 2. The van der Waals surface area contributed by atoms with Gasteiger partial charge in [0.1, 0.15) is 0 Å². The van der Waals surface area contributed by atoms with Gasteiger partial charge in [-0.2, -0.15) is 11.3 Å². The molecule has 2 heterocycles. The third-order valence-corrected chi connectivity index (χ3v) is 3.13. The van der Waals surface area contributed by atoms with Crippen LogP contribution in [0, 0.1) is 0 Å². The quantitative estimate of drug-likeness (QED) is 0.710. The Balaban J connectivity index is 1.83. The fraction of sp³-hybridized carbons (Fsp3) is 0.556. The average Bonchev–Trinajstić information content (AvgIpc) is 2.62. The average molecular weight is 197 g/mol. The first-order chi connectivity index (χ1) is 6.34. The third kappa shape index (κ3) is 2.51. The predicted octanol–water partition coefficient (Wildman–Crippen LogP) is 0.739. The first kappa shape index (κ1) is 9.15. The standard InChI is InChI=1S/C9H15N3S/c10-12-4-2-11(3-5-12)7-9-1-6-13-8-9/h1,6,8H,2-5,7,10H2. The second-order valence-corrected chi connectivity index (χ2v) is 4.22. The van der Waals surface area contributed by atoms with Crippen molar-refractivity contribution in [1.29, 1.82) is 0 Å². The van der Waals surface area contributed by atoms with E-state index in [1.807, 2.05) is 5.01 Å². The molecular formula is C9H15N3S. The van der Waals surface area contributed by atoms with Crippen LogP contribution in [0.5, 0.6) is 0 Å². The molecule has 0 aliphatic carbocycles. The van der Waals surface area contributed by atoms with Gasteiger partial charge in [-0.05, 0) is 22.4 Å². The van der Waals surface area contributed by atoms with Crippen LogP contribution < -0.4 is 5.84 Å². The lowest BCUT2D eigenvalue weighted by Gasteiger charge is -2.31. The van der Waals surface area contributed by atoms with E-state index in [1.165, 1.54) is 5.56 Å². The maximum absolute atomic E-state index is 5.68. The molecule has 0 unspecified atom stereocenters. The molecule has 0 radical (unpaired) electrons. The van der Waals surface area contributed by atoms with Crippen molar-refractivity contribution in [2.24, 2.45) is 5.84 Å². The zero-order valence-corrected chi connectivity index (χ0v) is 8.46. The Morgan fingerprint density at radius 2 is 2.08 bits per heavy atom. The normalized spacial score (nSPS) is 20.7. The summed E-state index contributed by atoms with van der Waals surface area (Å²) in [6.07, 6.45) is 0. The smallest absolute Gasteiger partial charge is 0.0257 e. The number of nitrogens with zero attached hydrogens (tertiary/aromatic N) is 2. The van der Waals surface area contributed by atoms with E-state index in [2.05, 4.69) is 21.7 Å². The number of thiophene rings is 1. The highest BCUT2D eigenvalue weighted by Crippen LogP contribution is 2.10.